The van der Waals surface area contributed by atoms with E-state index >= 15 is 4.39 Å². The zero-order valence-electron chi connectivity index (χ0n) is 23.4. The van der Waals surface area contributed by atoms with Gasteiger partial charge in [-0.25, -0.2) is 31.0 Å². The average Bonchev–Trinajstić information content (AvgIpc) is 3.37. The van der Waals surface area contributed by atoms with E-state index in [1.54, 1.807) is 16.6 Å². The van der Waals surface area contributed by atoms with Gasteiger partial charge in [0.15, 0.2) is 5.82 Å². The summed E-state index contributed by atoms with van der Waals surface area (Å²) in [6.45, 7) is 0.690. The SMILES string of the molecule is CS(=O)(=O)N1CCC(c2cc(-c3ccc(-c4ccn(-c5ccc(F)cc5)c(=O)c4C(N)=O)cc3F)c3c(N)ncnn23)CC1. The largest absolute Gasteiger partial charge is 0.382 e. The molecule has 6 rings (SSSR count). The molecule has 4 N–H and O–H groups in total. The van der Waals surface area contributed by atoms with Gasteiger partial charge in [-0.1, -0.05) is 12.1 Å². The van der Waals surface area contributed by atoms with Crippen LogP contribution in [0.3, 0.4) is 0 Å². The van der Waals surface area contributed by atoms with E-state index in [9.17, 15) is 22.4 Å². The van der Waals surface area contributed by atoms with Gasteiger partial charge in [0, 0.05) is 53.3 Å². The van der Waals surface area contributed by atoms with E-state index in [1.807, 2.05) is 0 Å². The van der Waals surface area contributed by atoms with Gasteiger partial charge < -0.3 is 11.5 Å². The van der Waals surface area contributed by atoms with Crippen molar-refractivity contribution < 1.29 is 22.0 Å². The Kier molecular flexibility index (Phi) is 7.25. The molecule has 0 aliphatic carbocycles. The molecule has 11 nitrogen and oxygen atoms in total. The van der Waals surface area contributed by atoms with Crippen LogP contribution in [0.1, 0.15) is 34.8 Å². The number of anilines is 1. The lowest BCUT2D eigenvalue weighted by Gasteiger charge is -2.29. The van der Waals surface area contributed by atoms with Crippen molar-refractivity contribution in [1.82, 2.24) is 23.5 Å². The van der Waals surface area contributed by atoms with Crippen LogP contribution in [-0.2, 0) is 10.0 Å². The molecule has 1 aliphatic heterocycles. The number of nitrogen functional groups attached to an aromatic ring is 1. The van der Waals surface area contributed by atoms with Crippen molar-refractivity contribution in [3.8, 4) is 27.9 Å². The molecule has 226 valence electrons. The number of nitrogens with two attached hydrogens (primary N) is 2. The predicted octanol–water partition coefficient (Wildman–Crippen LogP) is 3.31. The van der Waals surface area contributed by atoms with E-state index in [0.29, 0.717) is 42.7 Å². The Morgan fingerprint density at radius 2 is 1.68 bits per heavy atom. The van der Waals surface area contributed by atoms with Crippen LogP contribution in [0.5, 0.6) is 0 Å². The van der Waals surface area contributed by atoms with E-state index in [4.69, 9.17) is 11.5 Å². The van der Waals surface area contributed by atoms with Gasteiger partial charge in [0.05, 0.1) is 6.26 Å². The Hall–Kier alpha value is -4.95. The maximum absolute atomic E-state index is 15.9. The molecule has 0 unspecified atom stereocenters. The molecule has 0 spiro atoms. The van der Waals surface area contributed by atoms with Gasteiger partial charge >= 0.3 is 0 Å². The Labute approximate surface area is 250 Å². The monoisotopic (exact) mass is 619 g/mol. The van der Waals surface area contributed by atoms with Crippen molar-refractivity contribution in [1.29, 1.82) is 0 Å². The number of piperidine rings is 1. The van der Waals surface area contributed by atoms with E-state index in [0.717, 1.165) is 10.3 Å². The number of rotatable bonds is 6. The number of nitrogens with zero attached hydrogens (tertiary/aromatic N) is 5. The first-order valence-electron chi connectivity index (χ1n) is 13.6. The highest BCUT2D eigenvalue weighted by Gasteiger charge is 2.29. The van der Waals surface area contributed by atoms with Gasteiger partial charge in [-0.2, -0.15) is 5.10 Å². The number of hydrogen-bond acceptors (Lipinski definition) is 7. The smallest absolute Gasteiger partial charge is 0.268 e. The summed E-state index contributed by atoms with van der Waals surface area (Å²) >= 11 is 0. The zero-order chi connectivity index (χ0) is 31.3. The lowest BCUT2D eigenvalue weighted by molar-refractivity contribution is 0.0999. The molecule has 44 heavy (non-hydrogen) atoms. The molecule has 0 bridgehead atoms. The quantitative estimate of drug-likeness (QED) is 0.295. The predicted molar refractivity (Wildman–Crippen MR) is 161 cm³/mol. The van der Waals surface area contributed by atoms with Crippen molar-refractivity contribution in [2.45, 2.75) is 18.8 Å². The van der Waals surface area contributed by atoms with Crippen molar-refractivity contribution in [2.75, 3.05) is 25.1 Å². The Balaban J connectivity index is 1.41. The second-order valence-electron chi connectivity index (χ2n) is 10.6. The van der Waals surface area contributed by atoms with E-state index in [2.05, 4.69) is 10.1 Å². The summed E-state index contributed by atoms with van der Waals surface area (Å²) in [4.78, 5) is 29.8. The van der Waals surface area contributed by atoms with Crippen LogP contribution >= 0.6 is 0 Å². The number of aromatic nitrogens is 4. The lowest BCUT2D eigenvalue weighted by Crippen LogP contribution is -2.37. The van der Waals surface area contributed by atoms with E-state index in [-0.39, 0.29) is 34.0 Å². The highest BCUT2D eigenvalue weighted by molar-refractivity contribution is 7.88. The second kappa shape index (κ2) is 11.0. The first-order valence-corrected chi connectivity index (χ1v) is 15.5. The number of amides is 1. The van der Waals surface area contributed by atoms with Crippen LogP contribution in [0.2, 0.25) is 0 Å². The standard InChI is InChI=1S/C30H27F2N7O4S/c1-44(42,43)37-11-8-17(9-12-37)25-15-23(27-28(33)35-16-36-39(25)27)22-7-2-18(14-24(22)32)21-10-13-38(30(41)26(21)29(34)40)20-5-3-19(31)4-6-20/h2-7,10,13-17H,8-9,11-12H2,1H3,(H2,34,40)(H2,33,35,36). The minimum Gasteiger partial charge on any atom is -0.382 e. The van der Waals surface area contributed by atoms with Gasteiger partial charge in [-0.15, -0.1) is 0 Å². The summed E-state index contributed by atoms with van der Waals surface area (Å²) in [5, 5.41) is 4.37. The minimum atomic E-state index is -3.31. The number of halogens is 2. The molecule has 14 heteroatoms. The van der Waals surface area contributed by atoms with E-state index < -0.39 is 33.1 Å². The topological polar surface area (TPSA) is 159 Å². The lowest BCUT2D eigenvalue weighted by atomic mass is 9.93. The van der Waals surface area contributed by atoms with Crippen molar-refractivity contribution in [3.63, 3.8) is 0 Å². The molecule has 0 radical (unpaired) electrons. The fraction of sp³-hybridized carbons (Fsp3) is 0.200. The number of fused-ring (bicyclic) bond motifs is 1. The fourth-order valence-corrected chi connectivity index (χ4v) is 6.67. The molecule has 4 heterocycles. The number of pyridine rings is 1. The second-order valence-corrected chi connectivity index (χ2v) is 12.6. The minimum absolute atomic E-state index is 0.0587. The third-order valence-electron chi connectivity index (χ3n) is 7.97. The first kappa shape index (κ1) is 29.1. The van der Waals surface area contributed by atoms with Crippen LogP contribution in [0.25, 0.3) is 33.5 Å². The molecule has 1 aliphatic rings. The third kappa shape index (κ3) is 5.11. The van der Waals surface area contributed by atoms with Gasteiger partial charge in [0.2, 0.25) is 10.0 Å². The molecule has 5 aromatic rings. The molecule has 0 saturated carbocycles. The van der Waals surface area contributed by atoms with Gasteiger partial charge in [-0.3, -0.25) is 14.2 Å². The Morgan fingerprint density at radius 3 is 2.32 bits per heavy atom. The number of sulfonamides is 1. The molecular weight excluding hydrogens is 592 g/mol. The number of primary amides is 1. The molecule has 2 aromatic carbocycles. The summed E-state index contributed by atoms with van der Waals surface area (Å²) in [6, 6.07) is 12.7. The maximum atomic E-state index is 15.9. The summed E-state index contributed by atoms with van der Waals surface area (Å²) in [7, 11) is -3.31. The number of carbonyl (C=O) groups is 1. The van der Waals surface area contributed by atoms with Crippen molar-refractivity contribution in [3.05, 3.63) is 100 Å². The summed E-state index contributed by atoms with van der Waals surface area (Å²) < 4.78 is 57.5. The van der Waals surface area contributed by atoms with Crippen LogP contribution < -0.4 is 17.0 Å². The molecular formula is C30H27F2N7O4S. The number of hydrogen-bond donors (Lipinski definition) is 2. The van der Waals surface area contributed by atoms with Gasteiger partial charge in [-0.05, 0) is 60.9 Å². The highest BCUT2D eigenvalue weighted by Crippen LogP contribution is 2.38. The maximum Gasteiger partial charge on any atom is 0.268 e. The molecule has 0 atom stereocenters. The Morgan fingerprint density at radius 1 is 0.977 bits per heavy atom. The van der Waals surface area contributed by atoms with E-state index in [1.165, 1.54) is 65.5 Å². The zero-order valence-corrected chi connectivity index (χ0v) is 24.3. The first-order chi connectivity index (χ1) is 20.9. The summed E-state index contributed by atoms with van der Waals surface area (Å²) in [5.41, 5.74) is 13.2. The van der Waals surface area contributed by atoms with Crippen LogP contribution in [0.4, 0.5) is 14.6 Å². The summed E-state index contributed by atoms with van der Waals surface area (Å²) in [5.74, 6) is -2.07. The molecule has 1 saturated heterocycles. The van der Waals surface area contributed by atoms with Crippen molar-refractivity contribution in [2.24, 2.45) is 5.73 Å². The van der Waals surface area contributed by atoms with Crippen LogP contribution in [0.15, 0.2) is 71.9 Å². The average molecular weight is 620 g/mol. The molecule has 3 aromatic heterocycles. The Bertz CT molecular complexity index is 2100. The van der Waals surface area contributed by atoms with Gasteiger partial charge in [0.25, 0.3) is 11.5 Å². The normalized spacial score (nSPS) is 14.7. The number of carbonyl (C=O) groups excluding carboxylic acids is 1. The fourth-order valence-electron chi connectivity index (χ4n) is 5.79. The van der Waals surface area contributed by atoms with Crippen LogP contribution in [-0.4, -0.2) is 57.1 Å². The third-order valence-corrected chi connectivity index (χ3v) is 9.27. The van der Waals surface area contributed by atoms with Gasteiger partial charge in [0.1, 0.15) is 29.0 Å². The number of benzene rings is 2. The molecule has 1 amide bonds. The highest BCUT2D eigenvalue weighted by atomic mass is 32.2. The summed E-state index contributed by atoms with van der Waals surface area (Å²) in [6.07, 6.45) is 4.98. The van der Waals surface area contributed by atoms with Crippen molar-refractivity contribution >= 4 is 27.3 Å². The van der Waals surface area contributed by atoms with Crippen LogP contribution in [0, 0.1) is 11.6 Å². The molecule has 1 fully saturated rings.